The molecule has 9 nitrogen and oxygen atoms in total. The van der Waals surface area contributed by atoms with Crippen LogP contribution in [-0.2, 0) is 20.9 Å². The van der Waals surface area contributed by atoms with E-state index < -0.39 is 30.9 Å². The van der Waals surface area contributed by atoms with E-state index in [1.54, 1.807) is 35.4 Å². The number of piperidine rings is 1. The van der Waals surface area contributed by atoms with E-state index in [4.69, 9.17) is 9.47 Å². The van der Waals surface area contributed by atoms with Crippen molar-refractivity contribution < 1.29 is 32.2 Å². The highest BCUT2D eigenvalue weighted by molar-refractivity contribution is 5.91. The molecule has 1 saturated heterocycles. The van der Waals surface area contributed by atoms with Crippen LogP contribution in [0.2, 0.25) is 0 Å². The minimum atomic E-state index is -4.59. The molecule has 2 aromatic carbocycles. The van der Waals surface area contributed by atoms with Gasteiger partial charge in [0.05, 0.1) is 23.8 Å². The average Bonchev–Trinajstić information content (AvgIpc) is 3.44. The Morgan fingerprint density at radius 1 is 1.11 bits per heavy atom. The lowest BCUT2D eigenvalue weighted by Crippen LogP contribution is -2.51. The van der Waals surface area contributed by atoms with Crippen molar-refractivity contribution >= 4 is 17.7 Å². The van der Waals surface area contributed by atoms with Crippen molar-refractivity contribution in [2.45, 2.75) is 37.8 Å². The molecule has 3 heterocycles. The molecule has 0 bridgehead atoms. The van der Waals surface area contributed by atoms with E-state index in [9.17, 15) is 22.8 Å². The van der Waals surface area contributed by atoms with Crippen molar-refractivity contribution in [2.24, 2.45) is 0 Å². The minimum absolute atomic E-state index is 0.200. The van der Waals surface area contributed by atoms with Crippen LogP contribution < -0.4 is 4.90 Å². The molecular weight excluding hydrogens is 491 g/mol. The smallest absolute Gasteiger partial charge is 0.414 e. The van der Waals surface area contributed by atoms with Gasteiger partial charge in [0.2, 0.25) is 0 Å². The van der Waals surface area contributed by atoms with Crippen LogP contribution in [0.1, 0.15) is 30.1 Å². The molecular formula is C25H24F3N5O4. The van der Waals surface area contributed by atoms with Gasteiger partial charge < -0.3 is 14.4 Å². The predicted octanol–water partition coefficient (Wildman–Crippen LogP) is 4.04. The second kappa shape index (κ2) is 10.2. The van der Waals surface area contributed by atoms with Crippen molar-refractivity contribution in [3.05, 3.63) is 72.1 Å². The molecule has 0 spiro atoms. The van der Waals surface area contributed by atoms with E-state index in [1.807, 2.05) is 24.3 Å². The first-order chi connectivity index (χ1) is 17.8. The summed E-state index contributed by atoms with van der Waals surface area (Å²) in [6.45, 7) is -0.825. The van der Waals surface area contributed by atoms with Gasteiger partial charge in [-0.2, -0.15) is 13.2 Å². The molecule has 2 aliphatic rings. The molecule has 12 heteroatoms. The van der Waals surface area contributed by atoms with Gasteiger partial charge in [-0.3, -0.25) is 9.69 Å². The first kappa shape index (κ1) is 24.8. The molecule has 2 aliphatic heterocycles. The molecule has 194 valence electrons. The third kappa shape index (κ3) is 5.43. The predicted molar refractivity (Wildman–Crippen MR) is 125 cm³/mol. The van der Waals surface area contributed by atoms with Crippen molar-refractivity contribution in [3.63, 3.8) is 0 Å². The number of amides is 2. The lowest BCUT2D eigenvalue weighted by Gasteiger charge is -2.40. The summed E-state index contributed by atoms with van der Waals surface area (Å²) < 4.78 is 50.9. The molecule has 5 rings (SSSR count). The molecule has 0 N–H and O–H groups in total. The molecule has 1 atom stereocenters. The number of hydrogen-bond acceptors (Lipinski definition) is 6. The number of anilines is 1. The van der Waals surface area contributed by atoms with Crippen LogP contribution in [0.4, 0.5) is 23.7 Å². The number of cyclic esters (lactones) is 1. The molecule has 0 aliphatic carbocycles. The molecule has 1 fully saturated rings. The monoisotopic (exact) mass is 515 g/mol. The summed E-state index contributed by atoms with van der Waals surface area (Å²) >= 11 is 0. The van der Waals surface area contributed by atoms with Gasteiger partial charge in [0.25, 0.3) is 5.91 Å². The summed E-state index contributed by atoms with van der Waals surface area (Å²) in [6.07, 6.45) is -2.43. The van der Waals surface area contributed by atoms with E-state index >= 15 is 0 Å². The van der Waals surface area contributed by atoms with E-state index in [-0.39, 0.29) is 25.7 Å². The summed E-state index contributed by atoms with van der Waals surface area (Å²) in [5.41, 5.74) is 2.62. The zero-order valence-corrected chi connectivity index (χ0v) is 19.7. The number of ether oxygens (including phenoxy) is 2. The number of hydrogen-bond donors (Lipinski definition) is 0. The van der Waals surface area contributed by atoms with Gasteiger partial charge in [-0.25, -0.2) is 9.48 Å². The maximum Gasteiger partial charge on any atom is 0.414 e. The first-order valence-corrected chi connectivity index (χ1v) is 11.8. The second-order valence-corrected chi connectivity index (χ2v) is 8.86. The number of nitrogens with zero attached hydrogens (tertiary/aromatic N) is 5. The summed E-state index contributed by atoms with van der Waals surface area (Å²) in [5.74, 6) is -0.558. The van der Waals surface area contributed by atoms with Crippen molar-refractivity contribution in [3.8, 4) is 5.69 Å². The normalized spacial score (nSPS) is 17.3. The lowest BCUT2D eigenvalue weighted by molar-refractivity contribution is -0.191. The summed E-state index contributed by atoms with van der Waals surface area (Å²) in [5, 5.41) is 7.61. The number of halogens is 3. The summed E-state index contributed by atoms with van der Waals surface area (Å²) in [4.78, 5) is 29.0. The Labute approximate surface area is 210 Å². The molecule has 0 radical (unpaired) electrons. The van der Waals surface area contributed by atoms with Gasteiger partial charge in [-0.05, 0) is 36.6 Å². The minimum Gasteiger partial charge on any atom is -0.444 e. The maximum absolute atomic E-state index is 13.4. The number of fused-ring (bicyclic) bond motifs is 1. The molecule has 0 saturated carbocycles. The van der Waals surface area contributed by atoms with Crippen LogP contribution in [-0.4, -0.2) is 63.8 Å². The van der Waals surface area contributed by atoms with Crippen LogP contribution >= 0.6 is 0 Å². The van der Waals surface area contributed by atoms with Crippen LogP contribution in [0, 0.1) is 0 Å². The third-order valence-electron chi connectivity index (χ3n) is 6.46. The van der Waals surface area contributed by atoms with E-state index in [0.717, 1.165) is 11.3 Å². The van der Waals surface area contributed by atoms with E-state index in [0.29, 0.717) is 24.1 Å². The molecule has 2 amide bonds. The highest BCUT2D eigenvalue weighted by Crippen LogP contribution is 2.33. The SMILES string of the molecule is O=C(C(OCC(F)(F)F)c1ccc(-n2ccnn2)cc1)N1CCC(N2C(=O)OCc3ccccc32)CC1. The molecule has 3 aromatic rings. The Morgan fingerprint density at radius 3 is 2.51 bits per heavy atom. The fourth-order valence-corrected chi connectivity index (χ4v) is 4.67. The molecule has 1 aromatic heterocycles. The zero-order valence-electron chi connectivity index (χ0n) is 19.7. The van der Waals surface area contributed by atoms with Gasteiger partial charge in [-0.15, -0.1) is 5.10 Å². The standard InChI is InChI=1S/C25H24F3N5O4/c26-25(27,28)16-37-22(17-5-7-19(8-6-17)32-14-11-29-30-32)23(34)31-12-9-20(10-13-31)33-21-4-2-1-3-18(21)15-36-24(33)35/h1-8,11,14,20,22H,9-10,12-13,15-16H2. The topological polar surface area (TPSA) is 89.8 Å². The number of rotatable bonds is 6. The van der Waals surface area contributed by atoms with Gasteiger partial charge in [0, 0.05) is 24.7 Å². The van der Waals surface area contributed by atoms with Gasteiger partial charge in [-0.1, -0.05) is 35.5 Å². The van der Waals surface area contributed by atoms with Gasteiger partial charge in [0.15, 0.2) is 6.10 Å². The van der Waals surface area contributed by atoms with Crippen molar-refractivity contribution in [2.75, 3.05) is 24.6 Å². The number of benzene rings is 2. The Morgan fingerprint density at radius 2 is 1.84 bits per heavy atom. The van der Waals surface area contributed by atoms with Crippen molar-refractivity contribution in [1.82, 2.24) is 19.9 Å². The fraction of sp³-hybridized carbons (Fsp3) is 0.360. The molecule has 1 unspecified atom stereocenters. The fourth-order valence-electron chi connectivity index (χ4n) is 4.67. The Hall–Kier alpha value is -3.93. The zero-order chi connectivity index (χ0) is 26.0. The Bertz CT molecular complexity index is 1240. The first-order valence-electron chi connectivity index (χ1n) is 11.8. The number of likely N-dealkylation sites (tertiary alicyclic amines) is 1. The highest BCUT2D eigenvalue weighted by Gasteiger charge is 2.38. The van der Waals surface area contributed by atoms with Crippen LogP contribution in [0.3, 0.4) is 0 Å². The molecule has 37 heavy (non-hydrogen) atoms. The summed E-state index contributed by atoms with van der Waals surface area (Å²) in [7, 11) is 0. The van der Waals surface area contributed by atoms with Crippen LogP contribution in [0.5, 0.6) is 0 Å². The van der Waals surface area contributed by atoms with Crippen LogP contribution in [0.25, 0.3) is 5.69 Å². The van der Waals surface area contributed by atoms with Crippen LogP contribution in [0.15, 0.2) is 60.9 Å². The Balaban J connectivity index is 1.30. The van der Waals surface area contributed by atoms with Crippen molar-refractivity contribution in [1.29, 1.82) is 0 Å². The largest absolute Gasteiger partial charge is 0.444 e. The lowest BCUT2D eigenvalue weighted by atomic mass is 9.99. The van der Waals surface area contributed by atoms with Gasteiger partial charge in [0.1, 0.15) is 13.2 Å². The quantitative estimate of drug-likeness (QED) is 0.493. The highest BCUT2D eigenvalue weighted by atomic mass is 19.4. The number of alkyl halides is 3. The number of carbonyl (C=O) groups excluding carboxylic acids is 2. The van der Waals surface area contributed by atoms with Gasteiger partial charge >= 0.3 is 12.3 Å². The van der Waals surface area contributed by atoms with E-state index in [2.05, 4.69) is 10.3 Å². The average molecular weight is 515 g/mol. The number of para-hydroxylation sites is 1. The number of carbonyl (C=O) groups is 2. The Kier molecular flexibility index (Phi) is 6.83. The summed E-state index contributed by atoms with van der Waals surface area (Å²) in [6, 6.07) is 13.6. The second-order valence-electron chi connectivity index (χ2n) is 8.86. The third-order valence-corrected chi connectivity index (χ3v) is 6.46. The van der Waals surface area contributed by atoms with E-state index in [1.165, 1.54) is 15.8 Å². The maximum atomic E-state index is 13.4. The number of aromatic nitrogens is 3.